The van der Waals surface area contributed by atoms with Gasteiger partial charge < -0.3 is 5.32 Å². The number of benzene rings is 2. The zero-order chi connectivity index (χ0) is 10.4. The molecule has 15 heavy (non-hydrogen) atoms. The standard InChI is InChI=1S/C13H12BrN/c1-8-7-15-12-6-5-9-10(13(8)12)3-2-4-11(9)14/h2-6,8,15H,7H2,1H3. The number of fused-ring (bicyclic) bond motifs is 3. The lowest BCUT2D eigenvalue weighted by Gasteiger charge is -2.09. The Balaban J connectivity index is 2.43. The molecule has 1 aliphatic heterocycles. The van der Waals surface area contributed by atoms with E-state index in [1.807, 2.05) is 0 Å². The van der Waals surface area contributed by atoms with E-state index in [-0.39, 0.29) is 0 Å². The summed E-state index contributed by atoms with van der Waals surface area (Å²) in [6.07, 6.45) is 0. The van der Waals surface area contributed by atoms with E-state index >= 15 is 0 Å². The Morgan fingerprint density at radius 2 is 2.07 bits per heavy atom. The molecular weight excluding hydrogens is 250 g/mol. The van der Waals surface area contributed by atoms with Crippen molar-refractivity contribution in [2.75, 3.05) is 11.9 Å². The Labute approximate surface area is 97.6 Å². The van der Waals surface area contributed by atoms with Gasteiger partial charge in [0.15, 0.2) is 0 Å². The van der Waals surface area contributed by atoms with Crippen molar-refractivity contribution in [2.45, 2.75) is 12.8 Å². The molecule has 0 aliphatic carbocycles. The third-order valence-corrected chi connectivity index (χ3v) is 3.83. The zero-order valence-corrected chi connectivity index (χ0v) is 10.1. The summed E-state index contributed by atoms with van der Waals surface area (Å²) < 4.78 is 1.18. The van der Waals surface area contributed by atoms with Crippen LogP contribution < -0.4 is 5.32 Å². The second-order valence-electron chi connectivity index (χ2n) is 4.14. The van der Waals surface area contributed by atoms with Crippen LogP contribution in [-0.2, 0) is 0 Å². The number of nitrogens with one attached hydrogen (secondary N) is 1. The summed E-state index contributed by atoms with van der Waals surface area (Å²) in [7, 11) is 0. The fourth-order valence-corrected chi connectivity index (χ4v) is 2.89. The Morgan fingerprint density at radius 3 is 2.93 bits per heavy atom. The van der Waals surface area contributed by atoms with Crippen LogP contribution >= 0.6 is 15.9 Å². The SMILES string of the molecule is CC1CNc2ccc3c(Br)cccc3c21. The van der Waals surface area contributed by atoms with Crippen LogP contribution in [-0.4, -0.2) is 6.54 Å². The van der Waals surface area contributed by atoms with Crippen LogP contribution in [0, 0.1) is 0 Å². The molecule has 2 heteroatoms. The molecule has 0 bridgehead atoms. The molecule has 1 nitrogen and oxygen atoms in total. The van der Waals surface area contributed by atoms with Crippen LogP contribution in [0.1, 0.15) is 18.4 Å². The number of hydrogen-bond donors (Lipinski definition) is 1. The minimum Gasteiger partial charge on any atom is -0.384 e. The minimum atomic E-state index is 0.609. The van der Waals surface area contributed by atoms with Crippen molar-refractivity contribution in [1.29, 1.82) is 0 Å². The molecule has 1 heterocycles. The third-order valence-electron chi connectivity index (χ3n) is 3.14. The second kappa shape index (κ2) is 3.24. The summed E-state index contributed by atoms with van der Waals surface area (Å²) in [5.74, 6) is 0.609. The van der Waals surface area contributed by atoms with Gasteiger partial charge in [-0.3, -0.25) is 0 Å². The van der Waals surface area contributed by atoms with Crippen molar-refractivity contribution in [3.63, 3.8) is 0 Å². The summed E-state index contributed by atoms with van der Waals surface area (Å²) >= 11 is 3.60. The molecule has 0 amide bonds. The molecule has 1 unspecified atom stereocenters. The maximum Gasteiger partial charge on any atom is 0.0382 e. The lowest BCUT2D eigenvalue weighted by atomic mass is 9.96. The van der Waals surface area contributed by atoms with Crippen LogP contribution in [0.5, 0.6) is 0 Å². The number of hydrogen-bond acceptors (Lipinski definition) is 1. The lowest BCUT2D eigenvalue weighted by molar-refractivity contribution is 0.860. The first-order valence-electron chi connectivity index (χ1n) is 5.22. The van der Waals surface area contributed by atoms with Gasteiger partial charge in [0.2, 0.25) is 0 Å². The number of halogens is 1. The van der Waals surface area contributed by atoms with Crippen molar-refractivity contribution in [3.05, 3.63) is 40.4 Å². The summed E-state index contributed by atoms with van der Waals surface area (Å²) in [6.45, 7) is 3.33. The third kappa shape index (κ3) is 1.28. The topological polar surface area (TPSA) is 12.0 Å². The first kappa shape index (κ1) is 9.22. The summed E-state index contributed by atoms with van der Waals surface area (Å²) in [4.78, 5) is 0. The molecule has 1 atom stereocenters. The number of anilines is 1. The van der Waals surface area contributed by atoms with Gasteiger partial charge >= 0.3 is 0 Å². The molecule has 0 saturated heterocycles. The molecule has 3 rings (SSSR count). The molecule has 0 aromatic heterocycles. The second-order valence-corrected chi connectivity index (χ2v) is 5.00. The van der Waals surface area contributed by atoms with E-state index in [1.165, 1.54) is 26.5 Å². The van der Waals surface area contributed by atoms with Crippen LogP contribution in [0.15, 0.2) is 34.8 Å². The van der Waals surface area contributed by atoms with Gasteiger partial charge in [0, 0.05) is 22.6 Å². The van der Waals surface area contributed by atoms with Gasteiger partial charge in [-0.1, -0.05) is 41.1 Å². The Morgan fingerprint density at radius 1 is 1.20 bits per heavy atom. The van der Waals surface area contributed by atoms with E-state index in [1.54, 1.807) is 0 Å². The molecule has 2 aromatic carbocycles. The quantitative estimate of drug-likeness (QED) is 0.752. The van der Waals surface area contributed by atoms with Crippen LogP contribution in [0.25, 0.3) is 10.8 Å². The van der Waals surface area contributed by atoms with Crippen molar-refractivity contribution in [2.24, 2.45) is 0 Å². The van der Waals surface area contributed by atoms with Gasteiger partial charge in [0.05, 0.1) is 0 Å². The predicted molar refractivity (Wildman–Crippen MR) is 68.6 cm³/mol. The van der Waals surface area contributed by atoms with Crippen LogP contribution in [0.2, 0.25) is 0 Å². The highest BCUT2D eigenvalue weighted by molar-refractivity contribution is 9.10. The van der Waals surface area contributed by atoms with E-state index in [0.717, 1.165) is 6.54 Å². The molecular formula is C13H12BrN. The minimum absolute atomic E-state index is 0.609. The fraction of sp³-hybridized carbons (Fsp3) is 0.231. The van der Waals surface area contributed by atoms with Crippen LogP contribution in [0.3, 0.4) is 0 Å². The van der Waals surface area contributed by atoms with Gasteiger partial charge in [-0.2, -0.15) is 0 Å². The highest BCUT2D eigenvalue weighted by atomic mass is 79.9. The largest absolute Gasteiger partial charge is 0.384 e. The van der Waals surface area contributed by atoms with Crippen LogP contribution in [0.4, 0.5) is 5.69 Å². The normalized spacial score (nSPS) is 18.9. The van der Waals surface area contributed by atoms with Gasteiger partial charge in [0.25, 0.3) is 0 Å². The monoisotopic (exact) mass is 261 g/mol. The first-order chi connectivity index (χ1) is 7.27. The first-order valence-corrected chi connectivity index (χ1v) is 6.01. The summed E-state index contributed by atoms with van der Waals surface area (Å²) in [6, 6.07) is 10.8. The fourth-order valence-electron chi connectivity index (χ4n) is 2.39. The molecule has 0 fully saturated rings. The van der Waals surface area contributed by atoms with E-state index in [2.05, 4.69) is 58.5 Å². The molecule has 1 aliphatic rings. The Hall–Kier alpha value is -1.02. The summed E-state index contributed by atoms with van der Waals surface area (Å²) in [5.41, 5.74) is 2.77. The predicted octanol–water partition coefficient (Wildman–Crippen LogP) is 4.13. The van der Waals surface area contributed by atoms with Crippen molar-refractivity contribution in [3.8, 4) is 0 Å². The maximum absolute atomic E-state index is 3.60. The average Bonchev–Trinajstić information content (AvgIpc) is 2.61. The smallest absolute Gasteiger partial charge is 0.0382 e. The number of rotatable bonds is 0. The van der Waals surface area contributed by atoms with E-state index in [9.17, 15) is 0 Å². The molecule has 1 N–H and O–H groups in total. The maximum atomic E-state index is 3.60. The van der Waals surface area contributed by atoms with Crippen molar-refractivity contribution in [1.82, 2.24) is 0 Å². The molecule has 0 spiro atoms. The highest BCUT2D eigenvalue weighted by Crippen LogP contribution is 2.38. The van der Waals surface area contributed by atoms with Gasteiger partial charge in [-0.15, -0.1) is 0 Å². The zero-order valence-electron chi connectivity index (χ0n) is 8.55. The molecule has 0 saturated carbocycles. The molecule has 0 radical (unpaired) electrons. The average molecular weight is 262 g/mol. The van der Waals surface area contributed by atoms with E-state index in [4.69, 9.17) is 0 Å². The van der Waals surface area contributed by atoms with Gasteiger partial charge in [-0.25, -0.2) is 0 Å². The van der Waals surface area contributed by atoms with E-state index in [0.29, 0.717) is 5.92 Å². The summed E-state index contributed by atoms with van der Waals surface area (Å²) in [5, 5.41) is 6.13. The van der Waals surface area contributed by atoms with Crippen molar-refractivity contribution < 1.29 is 0 Å². The van der Waals surface area contributed by atoms with Gasteiger partial charge in [-0.05, 0) is 28.5 Å². The van der Waals surface area contributed by atoms with Gasteiger partial charge in [0.1, 0.15) is 0 Å². The molecule has 2 aromatic rings. The molecule has 76 valence electrons. The van der Waals surface area contributed by atoms with Crippen molar-refractivity contribution >= 4 is 32.4 Å². The Kier molecular flexibility index (Phi) is 1.99. The Bertz CT molecular complexity index is 533. The lowest BCUT2D eigenvalue weighted by Crippen LogP contribution is -1.96. The highest BCUT2D eigenvalue weighted by Gasteiger charge is 2.20. The van der Waals surface area contributed by atoms with E-state index < -0.39 is 0 Å².